The molecule has 0 spiro atoms. The number of carbonyl (C=O) groups is 1. The van der Waals surface area contributed by atoms with Crippen LogP contribution in [-0.4, -0.2) is 44.6 Å². The second-order valence-electron chi connectivity index (χ2n) is 3.37. The van der Waals surface area contributed by atoms with E-state index < -0.39 is 25.4 Å². The van der Waals surface area contributed by atoms with Gasteiger partial charge in [-0.1, -0.05) is 0 Å². The highest BCUT2D eigenvalue weighted by molar-refractivity contribution is 7.51. The summed E-state index contributed by atoms with van der Waals surface area (Å²) in [6, 6.07) is 0. The molecule has 0 bridgehead atoms. The monoisotopic (exact) mass is 211 g/mol. The lowest BCUT2D eigenvalue weighted by Gasteiger charge is -2.31. The molecule has 78 valence electrons. The molecule has 0 aliphatic heterocycles. The lowest BCUT2D eigenvalue weighted by Crippen LogP contribution is -2.48. The first-order chi connectivity index (χ1) is 5.57. The zero-order valence-corrected chi connectivity index (χ0v) is 8.65. The Morgan fingerprint density at radius 3 is 2.08 bits per heavy atom. The minimum atomic E-state index is -4.20. The number of aliphatic carboxylic acids is 1. The number of hydrogen-bond donors (Lipinski definition) is 3. The Kier molecular flexibility index (Phi) is 3.63. The van der Waals surface area contributed by atoms with Crippen LogP contribution in [0.4, 0.5) is 0 Å². The average molecular weight is 211 g/mol. The summed E-state index contributed by atoms with van der Waals surface area (Å²) in [7, 11) is -2.84. The molecular weight excluding hydrogens is 197 g/mol. The molecule has 0 aliphatic carbocycles. The smallest absolute Gasteiger partial charge is 0.339 e. The highest BCUT2D eigenvalue weighted by atomic mass is 31.2. The molecule has 0 atom stereocenters. The predicted octanol–water partition coefficient (Wildman–Crippen LogP) is -0.0834. The maximum Gasteiger partial charge on any atom is 0.339 e. The van der Waals surface area contributed by atoms with Crippen LogP contribution in [0.5, 0.6) is 0 Å². The summed E-state index contributed by atoms with van der Waals surface area (Å²) in [5, 5.41) is 8.71. The summed E-state index contributed by atoms with van der Waals surface area (Å²) in [6.45, 7) is 2.76. The largest absolute Gasteiger partial charge is 0.480 e. The Balaban J connectivity index is 4.52. The van der Waals surface area contributed by atoms with Crippen molar-refractivity contribution < 1.29 is 24.3 Å². The number of likely N-dealkylation sites (N-methyl/N-ethyl adjacent to an activating group) is 1. The minimum Gasteiger partial charge on any atom is -0.480 e. The highest BCUT2D eigenvalue weighted by Crippen LogP contribution is 2.36. The van der Waals surface area contributed by atoms with Gasteiger partial charge in [-0.3, -0.25) is 14.3 Å². The van der Waals surface area contributed by atoms with Crippen LogP contribution in [0, 0.1) is 0 Å². The van der Waals surface area contributed by atoms with Gasteiger partial charge in [0, 0.05) is 0 Å². The fourth-order valence-electron chi connectivity index (χ4n) is 0.616. The zero-order valence-electron chi connectivity index (χ0n) is 7.76. The molecule has 0 radical (unpaired) electrons. The predicted molar refractivity (Wildman–Crippen MR) is 46.4 cm³/mol. The maximum atomic E-state index is 10.7. The molecule has 13 heavy (non-hydrogen) atoms. The minimum absolute atomic E-state index is 0.563. The highest BCUT2D eigenvalue weighted by Gasteiger charge is 2.35. The van der Waals surface area contributed by atoms with Gasteiger partial charge in [0.2, 0.25) is 0 Å². The second-order valence-corrected chi connectivity index (χ2v) is 4.98. The maximum absolute atomic E-state index is 10.7. The van der Waals surface area contributed by atoms with Gasteiger partial charge in [-0.15, -0.1) is 0 Å². The summed E-state index contributed by atoms with van der Waals surface area (Å²) >= 11 is 0. The number of carboxylic acid groups (broad SMARTS) is 1. The van der Waals surface area contributed by atoms with Crippen molar-refractivity contribution in [2.45, 2.75) is 19.4 Å². The quantitative estimate of drug-likeness (QED) is 0.562. The molecule has 0 fully saturated rings. The standard InChI is InChI=1S/C6H14NO5P/c1-6(2,5(8)9)7(3)4-13(10,11)12/h4H2,1-3H3,(H,8,9)(H2,10,11,12). The molecule has 0 aromatic rings. The summed E-state index contributed by atoms with van der Waals surface area (Å²) in [5.74, 6) is -1.12. The third kappa shape index (κ3) is 3.87. The van der Waals surface area contributed by atoms with E-state index in [0.29, 0.717) is 0 Å². The first-order valence-corrected chi connectivity index (χ1v) is 5.36. The van der Waals surface area contributed by atoms with Gasteiger partial charge in [-0.05, 0) is 20.9 Å². The molecule has 0 aliphatic rings. The van der Waals surface area contributed by atoms with Gasteiger partial charge in [-0.25, -0.2) is 0 Å². The van der Waals surface area contributed by atoms with Crippen LogP contribution < -0.4 is 0 Å². The van der Waals surface area contributed by atoms with Crippen molar-refractivity contribution >= 4 is 13.6 Å². The van der Waals surface area contributed by atoms with E-state index in [1.54, 1.807) is 0 Å². The summed E-state index contributed by atoms with van der Waals surface area (Å²) in [4.78, 5) is 29.0. The number of nitrogens with zero attached hydrogens (tertiary/aromatic N) is 1. The van der Waals surface area contributed by atoms with Crippen LogP contribution >= 0.6 is 7.60 Å². The zero-order chi connectivity index (χ0) is 10.9. The van der Waals surface area contributed by atoms with Crippen molar-refractivity contribution in [2.75, 3.05) is 13.3 Å². The fraction of sp³-hybridized carbons (Fsp3) is 0.833. The van der Waals surface area contributed by atoms with Crippen molar-refractivity contribution in [3.8, 4) is 0 Å². The molecule has 0 saturated carbocycles. The van der Waals surface area contributed by atoms with Crippen LogP contribution in [0.15, 0.2) is 0 Å². The van der Waals surface area contributed by atoms with Gasteiger partial charge >= 0.3 is 13.6 Å². The molecule has 0 saturated heterocycles. The summed E-state index contributed by atoms with van der Waals surface area (Å²) in [6.07, 6.45) is -0.563. The van der Waals surface area contributed by atoms with Gasteiger partial charge in [0.1, 0.15) is 11.8 Å². The molecular formula is C6H14NO5P. The summed E-state index contributed by atoms with van der Waals surface area (Å²) in [5.41, 5.74) is -1.28. The van der Waals surface area contributed by atoms with Gasteiger partial charge in [0.15, 0.2) is 0 Å². The van der Waals surface area contributed by atoms with E-state index >= 15 is 0 Å². The Morgan fingerprint density at radius 1 is 1.46 bits per heavy atom. The molecule has 0 heterocycles. The van der Waals surface area contributed by atoms with Gasteiger partial charge in [0.25, 0.3) is 0 Å². The van der Waals surface area contributed by atoms with Crippen LogP contribution in [0.3, 0.4) is 0 Å². The third-order valence-corrected chi connectivity index (χ3v) is 2.67. The number of rotatable bonds is 4. The van der Waals surface area contributed by atoms with Crippen molar-refractivity contribution in [3.05, 3.63) is 0 Å². The average Bonchev–Trinajstić information content (AvgIpc) is 1.82. The Morgan fingerprint density at radius 2 is 1.85 bits per heavy atom. The van der Waals surface area contributed by atoms with E-state index in [1.807, 2.05) is 0 Å². The molecule has 0 unspecified atom stereocenters. The SMILES string of the molecule is CN(CP(=O)(O)O)C(C)(C)C(=O)O. The van der Waals surface area contributed by atoms with Crippen molar-refractivity contribution in [2.24, 2.45) is 0 Å². The lowest BCUT2D eigenvalue weighted by molar-refractivity contribution is -0.148. The molecule has 3 N–H and O–H groups in total. The molecule has 7 heteroatoms. The van der Waals surface area contributed by atoms with Gasteiger partial charge in [-0.2, -0.15) is 0 Å². The second kappa shape index (κ2) is 3.75. The Bertz CT molecular complexity index is 245. The third-order valence-electron chi connectivity index (χ3n) is 1.87. The van der Waals surface area contributed by atoms with Crippen molar-refractivity contribution in [1.29, 1.82) is 0 Å². The lowest BCUT2D eigenvalue weighted by atomic mass is 10.1. The van der Waals surface area contributed by atoms with Crippen LogP contribution in [0.2, 0.25) is 0 Å². The van der Waals surface area contributed by atoms with Crippen LogP contribution in [0.1, 0.15) is 13.8 Å². The molecule has 0 aromatic heterocycles. The van der Waals surface area contributed by atoms with Gasteiger partial charge < -0.3 is 14.9 Å². The van der Waals surface area contributed by atoms with E-state index in [9.17, 15) is 9.36 Å². The van der Waals surface area contributed by atoms with Gasteiger partial charge in [0.05, 0.1) is 0 Å². The van der Waals surface area contributed by atoms with Crippen molar-refractivity contribution in [1.82, 2.24) is 4.90 Å². The van der Waals surface area contributed by atoms with E-state index in [-0.39, 0.29) is 0 Å². The summed E-state index contributed by atoms with van der Waals surface area (Å²) < 4.78 is 10.6. The van der Waals surface area contributed by atoms with E-state index in [0.717, 1.165) is 4.90 Å². The van der Waals surface area contributed by atoms with E-state index in [4.69, 9.17) is 14.9 Å². The van der Waals surface area contributed by atoms with Crippen molar-refractivity contribution in [3.63, 3.8) is 0 Å². The van der Waals surface area contributed by atoms with E-state index in [1.165, 1.54) is 20.9 Å². The Labute approximate surface area is 76.3 Å². The first kappa shape index (κ1) is 12.6. The number of carboxylic acids is 1. The van der Waals surface area contributed by atoms with Crippen LogP contribution in [-0.2, 0) is 9.36 Å². The Hall–Kier alpha value is -0.420. The van der Waals surface area contributed by atoms with Crippen LogP contribution in [0.25, 0.3) is 0 Å². The topological polar surface area (TPSA) is 98.1 Å². The first-order valence-electron chi connectivity index (χ1n) is 3.56. The molecule has 0 amide bonds. The van der Waals surface area contributed by atoms with E-state index in [2.05, 4.69) is 0 Å². The fourth-order valence-corrected chi connectivity index (χ4v) is 1.52. The molecule has 6 nitrogen and oxygen atoms in total. The number of hydrogen-bond acceptors (Lipinski definition) is 3. The molecule has 0 aromatic carbocycles. The normalized spacial score (nSPS) is 13.4. The molecule has 0 rings (SSSR count).